The number of Topliss-reactive ketones (excluding diaryl/α,β-unsaturated/α-hetero) is 1. The number of likely N-dealkylation sites (tertiary alicyclic amines) is 1. The molecule has 2 heterocycles. The van der Waals surface area contributed by atoms with Crippen LogP contribution in [-0.4, -0.2) is 40.3 Å². The van der Waals surface area contributed by atoms with Crippen molar-refractivity contribution in [1.82, 2.24) is 9.88 Å². The maximum Gasteiger partial charge on any atom is 0.295 e. The molecule has 0 aliphatic carbocycles. The Bertz CT molecular complexity index is 966. The van der Waals surface area contributed by atoms with Gasteiger partial charge in [0.1, 0.15) is 17.6 Å². The minimum Gasteiger partial charge on any atom is -0.507 e. The molecule has 0 bridgehead atoms. The van der Waals surface area contributed by atoms with Gasteiger partial charge in [-0.25, -0.2) is 0 Å². The number of carbonyl (C=O) groups excluding carboxylic acids is 2. The second-order valence-corrected chi connectivity index (χ2v) is 7.24. The molecule has 6 nitrogen and oxygen atoms in total. The number of aromatic nitrogens is 1. The van der Waals surface area contributed by atoms with Crippen molar-refractivity contribution >= 4 is 17.4 Å². The average Bonchev–Trinajstić information content (AvgIpc) is 2.98. The van der Waals surface area contributed by atoms with E-state index >= 15 is 0 Å². The zero-order valence-corrected chi connectivity index (χ0v) is 17.2. The Morgan fingerprint density at radius 2 is 1.97 bits per heavy atom. The highest BCUT2D eigenvalue weighted by Crippen LogP contribution is 2.39. The average molecular weight is 394 g/mol. The lowest BCUT2D eigenvalue weighted by Crippen LogP contribution is -2.31. The maximum atomic E-state index is 12.9. The van der Waals surface area contributed by atoms with Gasteiger partial charge >= 0.3 is 0 Å². The molecular weight excluding hydrogens is 368 g/mol. The van der Waals surface area contributed by atoms with Crippen LogP contribution in [0.5, 0.6) is 5.75 Å². The third-order valence-electron chi connectivity index (χ3n) is 5.26. The van der Waals surface area contributed by atoms with Crippen LogP contribution in [0.3, 0.4) is 0 Å². The van der Waals surface area contributed by atoms with E-state index in [0.717, 1.165) is 24.0 Å². The fraction of sp³-hybridized carbons (Fsp3) is 0.348. The van der Waals surface area contributed by atoms with Gasteiger partial charge in [0.25, 0.3) is 11.7 Å². The second kappa shape index (κ2) is 8.47. The van der Waals surface area contributed by atoms with Crippen LogP contribution >= 0.6 is 0 Å². The molecule has 1 aliphatic rings. The van der Waals surface area contributed by atoms with Gasteiger partial charge in [-0.3, -0.25) is 14.6 Å². The van der Waals surface area contributed by atoms with E-state index < -0.39 is 17.7 Å². The number of carbonyl (C=O) groups is 2. The fourth-order valence-corrected chi connectivity index (χ4v) is 3.69. The molecule has 29 heavy (non-hydrogen) atoms. The number of pyridine rings is 1. The van der Waals surface area contributed by atoms with Crippen LogP contribution in [0.15, 0.2) is 42.1 Å². The van der Waals surface area contributed by atoms with Gasteiger partial charge < -0.3 is 14.7 Å². The number of benzene rings is 1. The SMILES string of the molecule is CCCCN1C(=O)C(=O)/C(=C(/O)c2cc(C)c(OC)cc2C)C1c1ccccn1. The molecule has 1 amide bonds. The number of hydrogen-bond donors (Lipinski definition) is 1. The van der Waals surface area contributed by atoms with Gasteiger partial charge in [-0.15, -0.1) is 0 Å². The Labute approximate surface area is 170 Å². The van der Waals surface area contributed by atoms with E-state index in [1.165, 1.54) is 4.90 Å². The van der Waals surface area contributed by atoms with E-state index in [1.54, 1.807) is 31.5 Å². The molecule has 1 aliphatic heterocycles. The number of unbranched alkanes of at least 4 members (excludes halogenated alkanes) is 1. The largest absolute Gasteiger partial charge is 0.507 e. The van der Waals surface area contributed by atoms with E-state index in [9.17, 15) is 14.7 Å². The third kappa shape index (κ3) is 3.75. The van der Waals surface area contributed by atoms with E-state index in [4.69, 9.17) is 4.74 Å². The van der Waals surface area contributed by atoms with Crippen molar-refractivity contribution in [2.24, 2.45) is 0 Å². The Kier molecular flexibility index (Phi) is 6.01. The van der Waals surface area contributed by atoms with Crippen molar-refractivity contribution in [2.75, 3.05) is 13.7 Å². The number of hydrogen-bond acceptors (Lipinski definition) is 5. The van der Waals surface area contributed by atoms with Crippen LogP contribution in [0.25, 0.3) is 5.76 Å². The number of nitrogens with zero attached hydrogens (tertiary/aromatic N) is 2. The highest BCUT2D eigenvalue weighted by Gasteiger charge is 2.46. The Balaban J connectivity index is 2.20. The van der Waals surface area contributed by atoms with Crippen molar-refractivity contribution < 1.29 is 19.4 Å². The molecule has 0 spiro atoms. The number of ketones is 1. The van der Waals surface area contributed by atoms with Gasteiger partial charge in [0.15, 0.2) is 0 Å². The lowest BCUT2D eigenvalue weighted by Gasteiger charge is -2.24. The quantitative estimate of drug-likeness (QED) is 0.456. The number of aryl methyl sites for hydroxylation is 2. The summed E-state index contributed by atoms with van der Waals surface area (Å²) in [6.45, 7) is 6.15. The van der Waals surface area contributed by atoms with Crippen LogP contribution in [-0.2, 0) is 9.59 Å². The summed E-state index contributed by atoms with van der Waals surface area (Å²) in [4.78, 5) is 31.6. The molecule has 0 saturated carbocycles. The summed E-state index contributed by atoms with van der Waals surface area (Å²) in [5, 5.41) is 11.2. The number of methoxy groups -OCH3 is 1. The minimum atomic E-state index is -0.704. The molecule has 1 unspecified atom stereocenters. The molecule has 1 aromatic carbocycles. The summed E-state index contributed by atoms with van der Waals surface area (Å²) >= 11 is 0. The number of aliphatic hydroxyl groups is 1. The summed E-state index contributed by atoms with van der Waals surface area (Å²) in [6, 6.07) is 8.24. The lowest BCUT2D eigenvalue weighted by molar-refractivity contribution is -0.140. The molecule has 1 atom stereocenters. The number of rotatable bonds is 6. The molecule has 0 radical (unpaired) electrons. The summed E-state index contributed by atoms with van der Waals surface area (Å²) in [6.07, 6.45) is 3.27. The zero-order chi connectivity index (χ0) is 21.1. The highest BCUT2D eigenvalue weighted by molar-refractivity contribution is 6.46. The van der Waals surface area contributed by atoms with Crippen molar-refractivity contribution in [2.45, 2.75) is 39.7 Å². The zero-order valence-electron chi connectivity index (χ0n) is 17.2. The summed E-state index contributed by atoms with van der Waals surface area (Å²) in [7, 11) is 1.58. The van der Waals surface area contributed by atoms with E-state index in [2.05, 4.69) is 4.98 Å². The standard InChI is InChI=1S/C23H26N2O4/c1-5-6-11-25-20(17-9-7-8-10-24-17)19(22(27)23(25)28)21(26)16-12-15(3)18(29-4)13-14(16)2/h7-10,12-13,20,26H,5-6,11H2,1-4H3/b21-19+. The van der Waals surface area contributed by atoms with Gasteiger partial charge in [0.05, 0.1) is 18.4 Å². The Morgan fingerprint density at radius 1 is 1.21 bits per heavy atom. The Hall–Kier alpha value is -3.15. The summed E-state index contributed by atoms with van der Waals surface area (Å²) in [5.74, 6) is -0.759. The molecule has 2 aromatic rings. The molecule has 1 aromatic heterocycles. The minimum absolute atomic E-state index is 0.0810. The number of aliphatic hydroxyl groups excluding tert-OH is 1. The van der Waals surface area contributed by atoms with Crippen molar-refractivity contribution in [3.63, 3.8) is 0 Å². The first-order valence-electron chi connectivity index (χ1n) is 9.75. The predicted molar refractivity (Wildman–Crippen MR) is 111 cm³/mol. The third-order valence-corrected chi connectivity index (χ3v) is 5.26. The van der Waals surface area contributed by atoms with Crippen LogP contribution in [0.4, 0.5) is 0 Å². The van der Waals surface area contributed by atoms with Crippen molar-refractivity contribution in [3.8, 4) is 5.75 Å². The van der Waals surface area contributed by atoms with Crippen LogP contribution < -0.4 is 4.74 Å². The Morgan fingerprint density at radius 3 is 2.59 bits per heavy atom. The summed E-state index contributed by atoms with van der Waals surface area (Å²) in [5.41, 5.74) is 2.74. The first kappa shape index (κ1) is 20.6. The smallest absolute Gasteiger partial charge is 0.295 e. The first-order valence-corrected chi connectivity index (χ1v) is 9.75. The first-order chi connectivity index (χ1) is 13.9. The highest BCUT2D eigenvalue weighted by atomic mass is 16.5. The van der Waals surface area contributed by atoms with Crippen LogP contribution in [0.1, 0.15) is 48.2 Å². The molecule has 1 saturated heterocycles. The van der Waals surface area contributed by atoms with Gasteiger partial charge in [-0.2, -0.15) is 0 Å². The molecule has 1 fully saturated rings. The van der Waals surface area contributed by atoms with E-state index in [1.807, 2.05) is 32.9 Å². The van der Waals surface area contributed by atoms with Crippen molar-refractivity contribution in [1.29, 1.82) is 0 Å². The van der Waals surface area contributed by atoms with Crippen LogP contribution in [0.2, 0.25) is 0 Å². The number of ether oxygens (including phenoxy) is 1. The summed E-state index contributed by atoms with van der Waals surface area (Å²) < 4.78 is 5.34. The van der Waals surface area contributed by atoms with E-state index in [0.29, 0.717) is 23.6 Å². The van der Waals surface area contributed by atoms with Gasteiger partial charge in [-0.05, 0) is 55.7 Å². The van der Waals surface area contributed by atoms with Crippen molar-refractivity contribution in [3.05, 3.63) is 64.5 Å². The normalized spacial score (nSPS) is 18.3. The predicted octanol–water partition coefficient (Wildman–Crippen LogP) is 3.93. The van der Waals surface area contributed by atoms with Crippen LogP contribution in [0, 0.1) is 13.8 Å². The maximum absolute atomic E-state index is 12.9. The van der Waals surface area contributed by atoms with E-state index in [-0.39, 0.29) is 11.3 Å². The molecular formula is C23H26N2O4. The fourth-order valence-electron chi connectivity index (χ4n) is 3.69. The number of amides is 1. The monoisotopic (exact) mass is 394 g/mol. The molecule has 6 heteroatoms. The van der Waals surface area contributed by atoms with Gasteiger partial charge in [-0.1, -0.05) is 19.4 Å². The van der Waals surface area contributed by atoms with Gasteiger partial charge in [0, 0.05) is 18.3 Å². The second-order valence-electron chi connectivity index (χ2n) is 7.24. The molecule has 152 valence electrons. The topological polar surface area (TPSA) is 79.7 Å². The lowest BCUT2D eigenvalue weighted by atomic mass is 9.95. The molecule has 1 N–H and O–H groups in total. The molecule has 3 rings (SSSR count). The van der Waals surface area contributed by atoms with Gasteiger partial charge in [0.2, 0.25) is 0 Å².